The summed E-state index contributed by atoms with van der Waals surface area (Å²) in [6.07, 6.45) is 0. The van der Waals surface area contributed by atoms with Crippen LogP contribution in [0, 0.1) is 0 Å². The molecule has 0 saturated carbocycles. The number of hydrogen-bond acceptors (Lipinski definition) is 8. The molecule has 2 aromatic heterocycles. The molecule has 5 aromatic rings. The maximum absolute atomic E-state index is 12.3. The van der Waals surface area contributed by atoms with Crippen molar-refractivity contribution in [2.75, 3.05) is 28.4 Å². The van der Waals surface area contributed by atoms with Crippen molar-refractivity contribution in [3.05, 3.63) is 80.7 Å². The Morgan fingerprint density at radius 2 is 0.975 bits per heavy atom. The van der Waals surface area contributed by atoms with Gasteiger partial charge in [0.05, 0.1) is 70.9 Å². The van der Waals surface area contributed by atoms with Crippen molar-refractivity contribution in [2.45, 2.75) is 0 Å². The molecule has 0 aliphatic rings. The van der Waals surface area contributed by atoms with Gasteiger partial charge < -0.3 is 18.9 Å². The van der Waals surface area contributed by atoms with Gasteiger partial charge in [0, 0.05) is 21.9 Å². The molecule has 0 N–H and O–H groups in total. The summed E-state index contributed by atoms with van der Waals surface area (Å²) in [5.41, 5.74) is 4.42. The summed E-state index contributed by atoms with van der Waals surface area (Å²) >= 11 is 6.99. The first-order chi connectivity index (χ1) is 19.3. The smallest absolute Gasteiger partial charge is 0.337 e. The molecule has 3 aromatic carbocycles. The molecule has 8 nitrogen and oxygen atoms in total. The van der Waals surface area contributed by atoms with E-state index in [1.165, 1.54) is 14.2 Å². The molecule has 0 aliphatic carbocycles. The maximum Gasteiger partial charge on any atom is 0.337 e. The van der Waals surface area contributed by atoms with E-state index >= 15 is 0 Å². The summed E-state index contributed by atoms with van der Waals surface area (Å²) in [5, 5.41) is 1.75. The fraction of sp³-hybridized carbons (Fsp3) is 0.133. The van der Waals surface area contributed by atoms with E-state index in [4.69, 9.17) is 28.9 Å². The maximum atomic E-state index is 12.3. The number of rotatable bonds is 6. The zero-order valence-corrected chi connectivity index (χ0v) is 25.0. The molecule has 2 heterocycles. The van der Waals surface area contributed by atoms with E-state index in [1.54, 1.807) is 38.5 Å². The lowest BCUT2D eigenvalue weighted by Crippen LogP contribution is -2.03. The normalized spacial score (nSPS) is 10.9. The quantitative estimate of drug-likeness (QED) is 0.138. The van der Waals surface area contributed by atoms with Crippen LogP contribution in [0.5, 0.6) is 11.5 Å². The van der Waals surface area contributed by atoms with Crippen LogP contribution in [0.25, 0.3) is 44.3 Å². The van der Waals surface area contributed by atoms with Crippen LogP contribution in [-0.2, 0) is 9.47 Å². The molecule has 0 aliphatic heterocycles. The van der Waals surface area contributed by atoms with E-state index in [-0.39, 0.29) is 0 Å². The van der Waals surface area contributed by atoms with Crippen molar-refractivity contribution >= 4 is 65.6 Å². The third kappa shape index (κ3) is 4.89. The average molecular weight is 666 g/mol. The average Bonchev–Trinajstić information content (AvgIpc) is 2.98. The molecule has 202 valence electrons. The first kappa shape index (κ1) is 27.5. The predicted octanol–water partition coefficient (Wildman–Crippen LogP) is 7.23. The van der Waals surface area contributed by atoms with Gasteiger partial charge in [-0.1, -0.05) is 24.3 Å². The number of hydrogen-bond donors (Lipinski definition) is 0. The Hall–Kier alpha value is -4.02. The fourth-order valence-corrected chi connectivity index (χ4v) is 5.77. The lowest BCUT2D eigenvalue weighted by Gasteiger charge is -2.14. The molecule has 0 unspecified atom stereocenters. The zero-order chi connectivity index (χ0) is 28.6. The molecule has 0 fully saturated rings. The summed E-state index contributed by atoms with van der Waals surface area (Å²) < 4.78 is 22.3. The molecule has 0 bridgehead atoms. The molecule has 10 heteroatoms. The SMILES string of the molecule is COC(=O)c1cc(Br)c(OC)c(-c2ccc3ccc4ccc(-c5cc(C(=O)OC)cc(Br)c5OC)nc4c3n2)c1. The number of nitrogens with zero attached hydrogens (tertiary/aromatic N) is 2. The first-order valence-corrected chi connectivity index (χ1v) is 13.5. The lowest BCUT2D eigenvalue weighted by molar-refractivity contribution is 0.0591. The Bertz CT molecular complexity index is 1690. The minimum Gasteiger partial charge on any atom is -0.495 e. The number of carbonyl (C=O) groups is 2. The van der Waals surface area contributed by atoms with Gasteiger partial charge in [0.2, 0.25) is 0 Å². The van der Waals surface area contributed by atoms with E-state index in [0.717, 1.165) is 10.8 Å². The standard InChI is InChI=1S/C30H22Br2N2O6/c1-37-27-19(11-17(13-21(27)31)29(35)39-3)23-9-7-15-5-6-16-8-10-24(34-26(16)25(15)33-23)20-12-18(30(36)40-4)14-22(32)28(20)38-2/h5-14H,1-4H3. The number of benzene rings is 3. The zero-order valence-electron chi connectivity index (χ0n) is 21.9. The van der Waals surface area contributed by atoms with Gasteiger partial charge in [0.25, 0.3) is 0 Å². The van der Waals surface area contributed by atoms with Crippen molar-refractivity contribution in [1.29, 1.82) is 0 Å². The van der Waals surface area contributed by atoms with Gasteiger partial charge in [-0.15, -0.1) is 0 Å². The van der Waals surface area contributed by atoms with Gasteiger partial charge >= 0.3 is 11.9 Å². The van der Waals surface area contributed by atoms with Gasteiger partial charge in [-0.2, -0.15) is 0 Å². The van der Waals surface area contributed by atoms with Crippen molar-refractivity contribution in [3.8, 4) is 34.0 Å². The van der Waals surface area contributed by atoms with Crippen LogP contribution in [0.2, 0.25) is 0 Å². The Balaban J connectivity index is 1.75. The summed E-state index contributed by atoms with van der Waals surface area (Å²) in [4.78, 5) is 34.6. The van der Waals surface area contributed by atoms with Gasteiger partial charge in [-0.25, -0.2) is 19.6 Å². The predicted molar refractivity (Wildman–Crippen MR) is 159 cm³/mol. The summed E-state index contributed by atoms with van der Waals surface area (Å²) in [6.45, 7) is 0. The van der Waals surface area contributed by atoms with Crippen LogP contribution in [-0.4, -0.2) is 50.3 Å². The second kappa shape index (κ2) is 11.2. The molecule has 5 rings (SSSR count). The Morgan fingerprint density at radius 3 is 1.32 bits per heavy atom. The number of pyridine rings is 2. The third-order valence-corrected chi connectivity index (χ3v) is 7.59. The largest absolute Gasteiger partial charge is 0.495 e. The monoisotopic (exact) mass is 664 g/mol. The minimum absolute atomic E-state index is 0.355. The van der Waals surface area contributed by atoms with Crippen molar-refractivity contribution in [2.24, 2.45) is 0 Å². The number of aromatic nitrogens is 2. The number of esters is 2. The number of methoxy groups -OCH3 is 4. The number of ether oxygens (including phenoxy) is 4. The van der Waals surface area contributed by atoms with Crippen LogP contribution in [0.15, 0.2) is 69.6 Å². The summed E-state index contributed by atoms with van der Waals surface area (Å²) in [5.74, 6) is 0.109. The highest BCUT2D eigenvalue weighted by atomic mass is 79.9. The van der Waals surface area contributed by atoms with Crippen LogP contribution in [0.1, 0.15) is 20.7 Å². The molecular weight excluding hydrogens is 644 g/mol. The Morgan fingerprint density at radius 1 is 0.600 bits per heavy atom. The fourth-order valence-electron chi connectivity index (χ4n) is 4.52. The Labute approximate surface area is 246 Å². The molecule has 0 radical (unpaired) electrons. The van der Waals surface area contributed by atoms with Crippen LogP contribution < -0.4 is 9.47 Å². The lowest BCUT2D eigenvalue weighted by atomic mass is 10.0. The van der Waals surface area contributed by atoms with E-state index in [9.17, 15) is 9.59 Å². The molecule has 0 atom stereocenters. The summed E-state index contributed by atoms with van der Waals surface area (Å²) in [7, 11) is 5.77. The van der Waals surface area contributed by atoms with E-state index in [2.05, 4.69) is 31.9 Å². The highest BCUT2D eigenvalue weighted by Gasteiger charge is 2.20. The Kier molecular flexibility index (Phi) is 7.73. The molecule has 0 spiro atoms. The number of halogens is 2. The van der Waals surface area contributed by atoms with Crippen molar-refractivity contribution in [3.63, 3.8) is 0 Å². The van der Waals surface area contributed by atoms with Crippen LogP contribution in [0.4, 0.5) is 0 Å². The van der Waals surface area contributed by atoms with Crippen LogP contribution >= 0.6 is 31.9 Å². The second-order valence-corrected chi connectivity index (χ2v) is 10.4. The number of fused-ring (bicyclic) bond motifs is 3. The molecule has 40 heavy (non-hydrogen) atoms. The molecule has 0 amide bonds. The highest BCUT2D eigenvalue weighted by Crippen LogP contribution is 2.40. The van der Waals surface area contributed by atoms with Crippen molar-refractivity contribution in [1.82, 2.24) is 9.97 Å². The van der Waals surface area contributed by atoms with Gasteiger partial charge in [0.1, 0.15) is 11.5 Å². The van der Waals surface area contributed by atoms with E-state index in [0.29, 0.717) is 65.1 Å². The topological polar surface area (TPSA) is 96.8 Å². The minimum atomic E-state index is -0.476. The molecule has 0 saturated heterocycles. The van der Waals surface area contributed by atoms with E-state index in [1.807, 2.05) is 36.4 Å². The first-order valence-electron chi connectivity index (χ1n) is 11.9. The van der Waals surface area contributed by atoms with E-state index < -0.39 is 11.9 Å². The highest BCUT2D eigenvalue weighted by molar-refractivity contribution is 9.11. The van der Waals surface area contributed by atoms with Gasteiger partial charge in [0.15, 0.2) is 0 Å². The number of carbonyl (C=O) groups excluding carboxylic acids is 2. The van der Waals surface area contributed by atoms with Gasteiger partial charge in [-0.05, 0) is 68.3 Å². The van der Waals surface area contributed by atoms with Crippen molar-refractivity contribution < 1.29 is 28.5 Å². The third-order valence-electron chi connectivity index (χ3n) is 6.41. The van der Waals surface area contributed by atoms with Crippen LogP contribution in [0.3, 0.4) is 0 Å². The van der Waals surface area contributed by atoms with Gasteiger partial charge in [-0.3, -0.25) is 0 Å². The molecular formula is C30H22Br2N2O6. The second-order valence-electron chi connectivity index (χ2n) is 8.66. The summed E-state index contributed by atoms with van der Waals surface area (Å²) in [6, 6.07) is 18.2.